The number of esters is 1. The Balaban J connectivity index is 1.58. The maximum Gasteiger partial charge on any atom is 0.308 e. The number of H-pyrrole nitrogens is 1. The topological polar surface area (TPSA) is 69.1 Å². The maximum absolute atomic E-state index is 14.5. The normalized spacial score (nSPS) is 21.3. The van der Waals surface area contributed by atoms with E-state index in [9.17, 15) is 13.6 Å². The van der Waals surface area contributed by atoms with E-state index in [0.717, 1.165) is 66.0 Å². The lowest BCUT2D eigenvalue weighted by Crippen LogP contribution is -2.24. The van der Waals surface area contributed by atoms with Gasteiger partial charge in [-0.05, 0) is 74.3 Å². The Morgan fingerprint density at radius 3 is 2.53 bits per heavy atom. The van der Waals surface area contributed by atoms with Gasteiger partial charge < -0.3 is 14.0 Å². The first-order chi connectivity index (χ1) is 17.5. The third-order valence-electron chi connectivity index (χ3n) is 8.04. The first-order valence-electron chi connectivity index (χ1n) is 12.7. The number of rotatable bonds is 4. The number of nitrogens with zero attached hydrogens (tertiary/aromatic N) is 2. The lowest BCUT2D eigenvalue weighted by Gasteiger charge is -2.31. The lowest BCUT2D eigenvalue weighted by molar-refractivity contribution is -0.146. The number of carbonyl (C=O) groups is 1. The molecule has 4 aromatic rings. The number of benzene rings is 2. The molecular formula is C28H29F2N3O3. The molecule has 6 nitrogen and oxygen atoms in total. The van der Waals surface area contributed by atoms with Crippen molar-refractivity contribution in [2.24, 2.45) is 5.92 Å². The molecule has 1 saturated heterocycles. The Kier molecular flexibility index (Phi) is 5.99. The summed E-state index contributed by atoms with van der Waals surface area (Å²) in [6, 6.07) is 8.36. The fourth-order valence-corrected chi connectivity index (χ4v) is 6.26. The van der Waals surface area contributed by atoms with E-state index in [0.29, 0.717) is 18.9 Å². The van der Waals surface area contributed by atoms with Gasteiger partial charge in [-0.2, -0.15) is 5.10 Å². The standard InChI is InChI=1S/C28H29F2N3O3/c1-35-28(34)18-4-2-16(3-5-18)26-21-14-24-19(15-31-32-24)12-25(21)33(20-6-7-22(29)23(30)13-20)27(26)17-8-10-36-11-9-17/h6-7,12-18H,2-5,8-11H2,1H3,(H,31,32). The number of carbonyl (C=O) groups excluding carboxylic acids is 1. The van der Waals surface area contributed by atoms with Gasteiger partial charge in [0.1, 0.15) is 0 Å². The van der Waals surface area contributed by atoms with Gasteiger partial charge in [-0.25, -0.2) is 8.78 Å². The number of hydrogen-bond donors (Lipinski definition) is 1. The van der Waals surface area contributed by atoms with Crippen LogP contribution < -0.4 is 0 Å². The molecule has 188 valence electrons. The quantitative estimate of drug-likeness (QED) is 0.348. The summed E-state index contributed by atoms with van der Waals surface area (Å²) in [5.74, 6) is -1.46. The molecule has 1 aliphatic heterocycles. The Morgan fingerprint density at radius 1 is 1.03 bits per heavy atom. The van der Waals surface area contributed by atoms with Crippen molar-refractivity contribution in [2.45, 2.75) is 50.4 Å². The molecule has 1 aliphatic carbocycles. The molecule has 0 amide bonds. The van der Waals surface area contributed by atoms with Crippen LogP contribution >= 0.6 is 0 Å². The van der Waals surface area contributed by atoms with Crippen LogP contribution in [0.5, 0.6) is 0 Å². The zero-order valence-corrected chi connectivity index (χ0v) is 20.2. The zero-order valence-electron chi connectivity index (χ0n) is 20.2. The zero-order chi connectivity index (χ0) is 24.8. The summed E-state index contributed by atoms with van der Waals surface area (Å²) >= 11 is 0. The molecule has 2 aromatic carbocycles. The van der Waals surface area contributed by atoms with Gasteiger partial charge in [-0.3, -0.25) is 9.89 Å². The number of methoxy groups -OCH3 is 1. The molecule has 1 N–H and O–H groups in total. The van der Waals surface area contributed by atoms with Crippen LogP contribution in [0.1, 0.15) is 61.6 Å². The number of halogens is 2. The van der Waals surface area contributed by atoms with Gasteiger partial charge in [0.25, 0.3) is 0 Å². The van der Waals surface area contributed by atoms with Crippen LogP contribution in [0.4, 0.5) is 8.78 Å². The Hall–Kier alpha value is -3.26. The number of ether oxygens (including phenoxy) is 2. The second-order valence-corrected chi connectivity index (χ2v) is 10.0. The van der Waals surface area contributed by atoms with Crippen LogP contribution in [0, 0.1) is 17.6 Å². The molecule has 1 saturated carbocycles. The van der Waals surface area contributed by atoms with Crippen molar-refractivity contribution in [1.29, 1.82) is 0 Å². The predicted octanol–water partition coefficient (Wildman–Crippen LogP) is 6.13. The van der Waals surface area contributed by atoms with E-state index in [1.165, 1.54) is 24.8 Å². The van der Waals surface area contributed by atoms with Crippen LogP contribution in [0.3, 0.4) is 0 Å². The molecule has 36 heavy (non-hydrogen) atoms. The molecular weight excluding hydrogens is 464 g/mol. The molecule has 0 bridgehead atoms. The Morgan fingerprint density at radius 2 is 1.81 bits per heavy atom. The van der Waals surface area contributed by atoms with Gasteiger partial charge in [-0.15, -0.1) is 0 Å². The highest BCUT2D eigenvalue weighted by Crippen LogP contribution is 2.47. The first kappa shape index (κ1) is 23.2. The largest absolute Gasteiger partial charge is 0.469 e. The predicted molar refractivity (Wildman–Crippen MR) is 132 cm³/mol. The summed E-state index contributed by atoms with van der Waals surface area (Å²) in [5, 5.41) is 9.36. The minimum Gasteiger partial charge on any atom is -0.469 e. The smallest absolute Gasteiger partial charge is 0.308 e. The van der Waals surface area contributed by atoms with Crippen molar-refractivity contribution in [3.8, 4) is 5.69 Å². The second kappa shape index (κ2) is 9.32. The van der Waals surface area contributed by atoms with E-state index < -0.39 is 11.6 Å². The van der Waals surface area contributed by atoms with Crippen molar-refractivity contribution < 1.29 is 23.0 Å². The summed E-state index contributed by atoms with van der Waals surface area (Å²) in [6.07, 6.45) is 6.80. The van der Waals surface area contributed by atoms with E-state index in [1.807, 2.05) is 0 Å². The average Bonchev–Trinajstić information content (AvgIpc) is 3.51. The Labute approximate surface area is 207 Å². The highest BCUT2D eigenvalue weighted by Gasteiger charge is 2.34. The van der Waals surface area contributed by atoms with Crippen molar-refractivity contribution in [2.75, 3.05) is 20.3 Å². The third-order valence-corrected chi connectivity index (χ3v) is 8.04. The van der Waals surface area contributed by atoms with E-state index in [2.05, 4.69) is 26.9 Å². The summed E-state index contributed by atoms with van der Waals surface area (Å²) in [4.78, 5) is 12.2. The lowest BCUT2D eigenvalue weighted by atomic mass is 9.76. The molecule has 8 heteroatoms. The third kappa shape index (κ3) is 3.88. The van der Waals surface area contributed by atoms with E-state index in [4.69, 9.17) is 9.47 Å². The summed E-state index contributed by atoms with van der Waals surface area (Å²) in [5.41, 5.74) is 4.91. The van der Waals surface area contributed by atoms with Crippen LogP contribution in [0.2, 0.25) is 0 Å². The first-order valence-corrected chi connectivity index (χ1v) is 12.7. The van der Waals surface area contributed by atoms with Crippen LogP contribution in [-0.4, -0.2) is 41.1 Å². The number of aromatic nitrogens is 3. The van der Waals surface area contributed by atoms with Gasteiger partial charge in [0.05, 0.1) is 30.3 Å². The van der Waals surface area contributed by atoms with Gasteiger partial charge in [-0.1, -0.05) is 0 Å². The molecule has 3 heterocycles. The summed E-state index contributed by atoms with van der Waals surface area (Å²) in [6.45, 7) is 1.34. The van der Waals surface area contributed by atoms with Crippen molar-refractivity contribution in [3.63, 3.8) is 0 Å². The number of nitrogens with one attached hydrogen (secondary N) is 1. The summed E-state index contributed by atoms with van der Waals surface area (Å²) in [7, 11) is 1.45. The molecule has 2 aliphatic rings. The minimum atomic E-state index is -0.864. The van der Waals surface area contributed by atoms with E-state index in [1.54, 1.807) is 12.3 Å². The Bertz CT molecular complexity index is 1430. The molecule has 0 spiro atoms. The fraction of sp³-hybridized carbons (Fsp3) is 0.429. The molecule has 2 fully saturated rings. The van der Waals surface area contributed by atoms with Gasteiger partial charge in [0.2, 0.25) is 0 Å². The van der Waals surface area contributed by atoms with E-state index in [-0.39, 0.29) is 23.7 Å². The maximum atomic E-state index is 14.5. The van der Waals surface area contributed by atoms with Crippen molar-refractivity contribution >= 4 is 27.8 Å². The van der Waals surface area contributed by atoms with Crippen LogP contribution in [0.25, 0.3) is 27.5 Å². The SMILES string of the molecule is COC(=O)C1CCC(c2c(C3CCOCC3)n(-c3ccc(F)c(F)c3)c3cc4cn[nH]c4cc23)CC1. The van der Waals surface area contributed by atoms with Crippen LogP contribution in [-0.2, 0) is 14.3 Å². The molecule has 0 unspecified atom stereocenters. The highest BCUT2D eigenvalue weighted by atomic mass is 19.2. The number of aromatic amines is 1. The molecule has 0 radical (unpaired) electrons. The molecule has 2 aromatic heterocycles. The highest BCUT2D eigenvalue weighted by molar-refractivity contribution is 5.99. The van der Waals surface area contributed by atoms with Crippen LogP contribution in [0.15, 0.2) is 36.5 Å². The van der Waals surface area contributed by atoms with Crippen molar-refractivity contribution in [1.82, 2.24) is 14.8 Å². The molecule has 6 rings (SSSR count). The van der Waals surface area contributed by atoms with Gasteiger partial charge in [0, 0.05) is 47.4 Å². The minimum absolute atomic E-state index is 0.0726. The van der Waals surface area contributed by atoms with Crippen molar-refractivity contribution in [3.05, 3.63) is 59.4 Å². The fourth-order valence-electron chi connectivity index (χ4n) is 6.26. The number of fused-ring (bicyclic) bond motifs is 2. The summed E-state index contributed by atoms with van der Waals surface area (Å²) < 4.78 is 41.2. The monoisotopic (exact) mass is 493 g/mol. The molecule has 0 atom stereocenters. The number of hydrogen-bond acceptors (Lipinski definition) is 4. The van der Waals surface area contributed by atoms with Gasteiger partial charge >= 0.3 is 5.97 Å². The second-order valence-electron chi connectivity index (χ2n) is 10.0. The van der Waals surface area contributed by atoms with Gasteiger partial charge in [0.15, 0.2) is 11.6 Å². The average molecular weight is 494 g/mol. The van der Waals surface area contributed by atoms with E-state index >= 15 is 0 Å².